The van der Waals surface area contributed by atoms with Gasteiger partial charge in [-0.15, -0.1) is 0 Å². The average Bonchev–Trinajstić information content (AvgIpc) is 2.69. The number of nitrogens with zero attached hydrogens (tertiary/aromatic N) is 1. The summed E-state index contributed by atoms with van der Waals surface area (Å²) in [5.74, 6) is 0. The first kappa shape index (κ1) is 11.7. The molecule has 0 N–H and O–H groups in total. The molecule has 1 saturated heterocycles. The summed E-state index contributed by atoms with van der Waals surface area (Å²) in [6.45, 7) is 10.1. The minimum absolute atomic E-state index is 0.338. The largest absolute Gasteiger partial charge is 0.534 e. The molecule has 0 saturated carbocycles. The molecule has 1 aliphatic rings. The maximum atomic E-state index is 5.89. The summed E-state index contributed by atoms with van der Waals surface area (Å²) in [5, 5.41) is 0. The van der Waals surface area contributed by atoms with Gasteiger partial charge >= 0.3 is 7.12 Å². The summed E-state index contributed by atoms with van der Waals surface area (Å²) < 4.78 is 17.2. The van der Waals surface area contributed by atoms with Crippen LogP contribution in [0.1, 0.15) is 40.3 Å². The van der Waals surface area contributed by atoms with Gasteiger partial charge in [0.2, 0.25) is 0 Å². The lowest BCUT2D eigenvalue weighted by molar-refractivity contribution is 0.00578. The topological polar surface area (TPSA) is 44.5 Å². The van der Waals surface area contributed by atoms with Gasteiger partial charge in [0.1, 0.15) is 0 Å². The summed E-state index contributed by atoms with van der Waals surface area (Å²) in [7, 11) is -0.442. The number of hydrogen-bond donors (Lipinski definition) is 0. The second kappa shape index (κ2) is 3.60. The number of aryl methyl sites for hydroxylation is 1. The van der Waals surface area contributed by atoms with Crippen molar-refractivity contribution in [2.75, 3.05) is 0 Å². The van der Waals surface area contributed by atoms with Crippen molar-refractivity contribution < 1.29 is 13.7 Å². The van der Waals surface area contributed by atoms with Crippen LogP contribution in [0.5, 0.6) is 0 Å². The van der Waals surface area contributed by atoms with Gasteiger partial charge in [0.05, 0.1) is 16.9 Å². The van der Waals surface area contributed by atoms with E-state index in [-0.39, 0.29) is 11.2 Å². The normalized spacial score (nSPS) is 22.7. The third-order valence-electron chi connectivity index (χ3n) is 3.47. The maximum absolute atomic E-state index is 5.89. The Morgan fingerprint density at radius 3 is 2.25 bits per heavy atom. The average molecular weight is 223 g/mol. The summed E-state index contributed by atoms with van der Waals surface area (Å²) in [6, 6.07) is 0. The van der Waals surface area contributed by atoms with E-state index in [4.69, 9.17) is 13.7 Å². The Balaban J connectivity index is 2.27. The van der Waals surface area contributed by atoms with E-state index in [2.05, 4.69) is 4.98 Å². The summed E-state index contributed by atoms with van der Waals surface area (Å²) in [4.78, 5) is 4.15. The van der Waals surface area contributed by atoms with Crippen LogP contribution < -0.4 is 5.66 Å². The Kier molecular flexibility index (Phi) is 2.63. The highest BCUT2D eigenvalue weighted by Gasteiger charge is 2.53. The van der Waals surface area contributed by atoms with Crippen molar-refractivity contribution in [3.63, 3.8) is 0 Å². The van der Waals surface area contributed by atoms with Crippen LogP contribution in [0.3, 0.4) is 0 Å². The van der Waals surface area contributed by atoms with E-state index in [0.717, 1.165) is 12.1 Å². The van der Waals surface area contributed by atoms with E-state index in [1.54, 1.807) is 0 Å². The smallest absolute Gasteiger partial charge is 0.452 e. The van der Waals surface area contributed by atoms with Crippen molar-refractivity contribution in [3.8, 4) is 0 Å². The van der Waals surface area contributed by atoms with Crippen LogP contribution in [-0.4, -0.2) is 23.3 Å². The lowest BCUT2D eigenvalue weighted by atomic mass is 9.84. The van der Waals surface area contributed by atoms with Crippen molar-refractivity contribution in [2.45, 2.75) is 52.2 Å². The SMILES string of the molecule is CCc1ncoc1B1OC(C)(C)C(C)(C)O1. The van der Waals surface area contributed by atoms with Gasteiger partial charge in [0.25, 0.3) is 0 Å². The van der Waals surface area contributed by atoms with E-state index in [0.29, 0.717) is 5.66 Å². The summed E-state index contributed by atoms with van der Waals surface area (Å²) in [6.07, 6.45) is 2.26. The molecular formula is C11H18BNO3. The zero-order chi connectivity index (χ0) is 12.0. The second-order valence-corrected chi connectivity index (χ2v) is 5.11. The number of hydrogen-bond acceptors (Lipinski definition) is 4. The quantitative estimate of drug-likeness (QED) is 0.713. The van der Waals surface area contributed by atoms with Crippen molar-refractivity contribution in [2.24, 2.45) is 0 Å². The molecule has 2 rings (SSSR count). The predicted octanol–water partition coefficient (Wildman–Crippen LogP) is 1.54. The summed E-state index contributed by atoms with van der Waals surface area (Å²) in [5.41, 5.74) is 0.921. The van der Waals surface area contributed by atoms with Gasteiger partial charge in [-0.3, -0.25) is 0 Å². The van der Waals surface area contributed by atoms with Crippen molar-refractivity contribution in [1.82, 2.24) is 4.98 Å². The molecule has 0 radical (unpaired) electrons. The molecule has 4 nitrogen and oxygen atoms in total. The lowest BCUT2D eigenvalue weighted by Crippen LogP contribution is -2.41. The zero-order valence-electron chi connectivity index (χ0n) is 10.5. The minimum Gasteiger partial charge on any atom is -0.452 e. The molecule has 88 valence electrons. The highest BCUT2D eigenvalue weighted by Crippen LogP contribution is 2.36. The molecule has 1 fully saturated rings. The first-order valence-electron chi connectivity index (χ1n) is 5.65. The molecule has 0 amide bonds. The monoisotopic (exact) mass is 223 g/mol. The summed E-state index contributed by atoms with van der Waals surface area (Å²) >= 11 is 0. The van der Waals surface area contributed by atoms with Gasteiger partial charge in [-0.25, -0.2) is 4.98 Å². The molecular weight excluding hydrogens is 205 g/mol. The third-order valence-corrected chi connectivity index (χ3v) is 3.47. The van der Waals surface area contributed by atoms with Gasteiger partial charge in [0, 0.05) is 0 Å². The second-order valence-electron chi connectivity index (χ2n) is 5.11. The molecule has 0 aliphatic carbocycles. The van der Waals surface area contributed by atoms with Gasteiger partial charge in [-0.05, 0) is 34.1 Å². The van der Waals surface area contributed by atoms with Gasteiger partial charge in [-0.2, -0.15) is 0 Å². The standard InChI is InChI=1S/C11H18BNO3/c1-6-8-9(14-7-13-8)12-15-10(2,3)11(4,5)16-12/h7H,6H2,1-5H3. The van der Waals surface area contributed by atoms with Crippen molar-refractivity contribution in [3.05, 3.63) is 12.1 Å². The zero-order valence-corrected chi connectivity index (χ0v) is 10.5. The van der Waals surface area contributed by atoms with Crippen LogP contribution in [0.2, 0.25) is 0 Å². The van der Waals surface area contributed by atoms with Crippen LogP contribution >= 0.6 is 0 Å². The molecule has 0 bridgehead atoms. The molecule has 0 atom stereocenters. The Labute approximate surface area is 96.5 Å². The van der Waals surface area contributed by atoms with Crippen molar-refractivity contribution in [1.29, 1.82) is 0 Å². The van der Waals surface area contributed by atoms with E-state index in [9.17, 15) is 0 Å². The molecule has 0 unspecified atom stereocenters. The molecule has 0 aromatic carbocycles. The Morgan fingerprint density at radius 1 is 1.19 bits per heavy atom. The van der Waals surface area contributed by atoms with E-state index >= 15 is 0 Å². The first-order chi connectivity index (χ1) is 7.37. The fraction of sp³-hybridized carbons (Fsp3) is 0.727. The fourth-order valence-corrected chi connectivity index (χ4v) is 1.69. The van der Waals surface area contributed by atoms with Gasteiger partial charge < -0.3 is 13.7 Å². The fourth-order valence-electron chi connectivity index (χ4n) is 1.69. The van der Waals surface area contributed by atoms with E-state index in [1.807, 2.05) is 34.6 Å². The lowest BCUT2D eigenvalue weighted by Gasteiger charge is -2.32. The predicted molar refractivity (Wildman–Crippen MR) is 61.6 cm³/mol. The highest BCUT2D eigenvalue weighted by molar-refractivity contribution is 6.61. The molecule has 16 heavy (non-hydrogen) atoms. The highest BCUT2D eigenvalue weighted by atomic mass is 16.7. The van der Waals surface area contributed by atoms with E-state index < -0.39 is 7.12 Å². The van der Waals surface area contributed by atoms with Crippen molar-refractivity contribution >= 4 is 12.8 Å². The maximum Gasteiger partial charge on any atom is 0.534 e. The van der Waals surface area contributed by atoms with Crippen LogP contribution in [0.4, 0.5) is 0 Å². The van der Waals surface area contributed by atoms with Crippen LogP contribution in [0.25, 0.3) is 0 Å². The molecule has 2 heterocycles. The van der Waals surface area contributed by atoms with Gasteiger partial charge in [0.15, 0.2) is 12.1 Å². The molecule has 1 aromatic heterocycles. The molecule has 1 aliphatic heterocycles. The molecule has 5 heteroatoms. The van der Waals surface area contributed by atoms with Crippen LogP contribution in [0.15, 0.2) is 10.8 Å². The van der Waals surface area contributed by atoms with E-state index in [1.165, 1.54) is 6.39 Å². The Bertz CT molecular complexity index is 370. The van der Waals surface area contributed by atoms with Gasteiger partial charge in [-0.1, -0.05) is 6.92 Å². The number of oxazole rings is 1. The first-order valence-corrected chi connectivity index (χ1v) is 5.65. The molecule has 0 spiro atoms. The minimum atomic E-state index is -0.442. The Hall–Kier alpha value is -0.805. The van der Waals surface area contributed by atoms with Crippen LogP contribution in [0, 0.1) is 0 Å². The number of aromatic nitrogens is 1. The number of rotatable bonds is 2. The Morgan fingerprint density at radius 2 is 1.75 bits per heavy atom. The third kappa shape index (κ3) is 1.68. The molecule has 1 aromatic rings. The van der Waals surface area contributed by atoms with Crippen LogP contribution in [-0.2, 0) is 15.7 Å².